The van der Waals surface area contributed by atoms with Crippen LogP contribution in [0.4, 0.5) is 5.13 Å². The SMILES string of the molecule is Cc1ccc(SCC(=O)Nc2nc(-c3ccccc3Cl)cs2)cc1. The number of anilines is 1. The fraction of sp³-hybridized carbons (Fsp3) is 0.111. The lowest BCUT2D eigenvalue weighted by molar-refractivity contribution is -0.113. The van der Waals surface area contributed by atoms with Crippen molar-refractivity contribution in [3.05, 3.63) is 64.5 Å². The van der Waals surface area contributed by atoms with Crippen LogP contribution in [0.15, 0.2) is 58.8 Å². The van der Waals surface area contributed by atoms with Crippen LogP contribution in [0.1, 0.15) is 5.56 Å². The Bertz CT molecular complexity index is 846. The molecule has 0 aliphatic heterocycles. The maximum Gasteiger partial charge on any atom is 0.236 e. The van der Waals surface area contributed by atoms with Gasteiger partial charge >= 0.3 is 0 Å². The number of aryl methyl sites for hydroxylation is 1. The molecule has 0 radical (unpaired) electrons. The van der Waals surface area contributed by atoms with Gasteiger partial charge < -0.3 is 5.32 Å². The maximum atomic E-state index is 12.1. The fourth-order valence-corrected chi connectivity index (χ4v) is 3.72. The zero-order chi connectivity index (χ0) is 16.9. The van der Waals surface area contributed by atoms with Crippen molar-refractivity contribution in [3.8, 4) is 11.3 Å². The Morgan fingerprint density at radius 2 is 1.96 bits per heavy atom. The number of nitrogens with zero attached hydrogens (tertiary/aromatic N) is 1. The van der Waals surface area contributed by atoms with Crippen LogP contribution in [-0.2, 0) is 4.79 Å². The molecule has 0 spiro atoms. The van der Waals surface area contributed by atoms with Gasteiger partial charge in [0.25, 0.3) is 0 Å². The highest BCUT2D eigenvalue weighted by Crippen LogP contribution is 2.30. The number of aromatic nitrogens is 1. The van der Waals surface area contributed by atoms with Crippen LogP contribution < -0.4 is 5.32 Å². The van der Waals surface area contributed by atoms with E-state index >= 15 is 0 Å². The van der Waals surface area contributed by atoms with Gasteiger partial charge in [-0.25, -0.2) is 4.98 Å². The lowest BCUT2D eigenvalue weighted by atomic mass is 10.2. The smallest absolute Gasteiger partial charge is 0.236 e. The predicted molar refractivity (Wildman–Crippen MR) is 103 cm³/mol. The van der Waals surface area contributed by atoms with Crippen LogP contribution in [0.5, 0.6) is 0 Å². The van der Waals surface area contributed by atoms with Crippen molar-refractivity contribution in [2.75, 3.05) is 11.1 Å². The zero-order valence-corrected chi connectivity index (χ0v) is 15.3. The van der Waals surface area contributed by atoms with Crippen LogP contribution in [-0.4, -0.2) is 16.6 Å². The molecule has 6 heteroatoms. The first-order valence-corrected chi connectivity index (χ1v) is 9.56. The van der Waals surface area contributed by atoms with Gasteiger partial charge in [-0.15, -0.1) is 23.1 Å². The summed E-state index contributed by atoms with van der Waals surface area (Å²) in [6.07, 6.45) is 0. The molecule has 0 aliphatic carbocycles. The number of carbonyl (C=O) groups excluding carboxylic acids is 1. The van der Waals surface area contributed by atoms with E-state index in [1.165, 1.54) is 28.7 Å². The molecule has 0 atom stereocenters. The third-order valence-electron chi connectivity index (χ3n) is 3.29. The molecule has 3 aromatic rings. The van der Waals surface area contributed by atoms with Gasteiger partial charge in [-0.3, -0.25) is 4.79 Å². The molecule has 0 fully saturated rings. The Morgan fingerprint density at radius 1 is 1.21 bits per heavy atom. The van der Waals surface area contributed by atoms with E-state index in [1.54, 1.807) is 0 Å². The highest BCUT2D eigenvalue weighted by Gasteiger charge is 2.10. The summed E-state index contributed by atoms with van der Waals surface area (Å²) in [5.41, 5.74) is 2.84. The predicted octanol–water partition coefficient (Wildman–Crippen LogP) is 5.50. The van der Waals surface area contributed by atoms with E-state index in [0.717, 1.165) is 16.2 Å². The summed E-state index contributed by atoms with van der Waals surface area (Å²) < 4.78 is 0. The van der Waals surface area contributed by atoms with Crippen LogP contribution in [0.3, 0.4) is 0 Å². The molecule has 0 bridgehead atoms. The average Bonchev–Trinajstić information content (AvgIpc) is 3.03. The van der Waals surface area contributed by atoms with Gasteiger partial charge in [0.15, 0.2) is 5.13 Å². The van der Waals surface area contributed by atoms with Crippen LogP contribution >= 0.6 is 34.7 Å². The number of benzene rings is 2. The second kappa shape index (κ2) is 7.83. The molecular weight excluding hydrogens is 360 g/mol. The summed E-state index contributed by atoms with van der Waals surface area (Å²) in [7, 11) is 0. The van der Waals surface area contributed by atoms with Crippen LogP contribution in [0, 0.1) is 6.92 Å². The fourth-order valence-electron chi connectivity index (χ4n) is 2.06. The Balaban J connectivity index is 1.59. The maximum absolute atomic E-state index is 12.1. The molecule has 1 heterocycles. The molecule has 0 saturated carbocycles. The number of hydrogen-bond donors (Lipinski definition) is 1. The first-order chi connectivity index (χ1) is 11.6. The molecule has 3 nitrogen and oxygen atoms in total. The van der Waals surface area contributed by atoms with Gasteiger partial charge in [-0.1, -0.05) is 47.5 Å². The van der Waals surface area contributed by atoms with Crippen molar-refractivity contribution in [3.63, 3.8) is 0 Å². The molecule has 1 amide bonds. The third kappa shape index (κ3) is 4.38. The topological polar surface area (TPSA) is 42.0 Å². The van der Waals surface area contributed by atoms with E-state index in [-0.39, 0.29) is 5.91 Å². The molecular formula is C18H15ClN2OS2. The largest absolute Gasteiger partial charge is 0.301 e. The quantitative estimate of drug-likeness (QED) is 0.599. The van der Waals surface area contributed by atoms with Crippen LogP contribution in [0.25, 0.3) is 11.3 Å². The van der Waals surface area contributed by atoms with E-state index in [4.69, 9.17) is 11.6 Å². The number of carbonyl (C=O) groups is 1. The van der Waals surface area contributed by atoms with Crippen molar-refractivity contribution in [2.24, 2.45) is 0 Å². The van der Waals surface area contributed by atoms with E-state index in [1.807, 2.05) is 60.8 Å². The first kappa shape index (κ1) is 17.0. The Labute approximate surface area is 154 Å². The van der Waals surface area contributed by atoms with E-state index in [0.29, 0.717) is 15.9 Å². The Morgan fingerprint density at radius 3 is 2.71 bits per heavy atom. The zero-order valence-electron chi connectivity index (χ0n) is 13.0. The highest BCUT2D eigenvalue weighted by atomic mass is 35.5. The van der Waals surface area contributed by atoms with Gasteiger partial charge in [-0.05, 0) is 25.1 Å². The number of hydrogen-bond acceptors (Lipinski definition) is 4. The van der Waals surface area contributed by atoms with E-state index in [2.05, 4.69) is 10.3 Å². The highest BCUT2D eigenvalue weighted by molar-refractivity contribution is 8.00. The summed E-state index contributed by atoms with van der Waals surface area (Å²) in [5, 5.41) is 5.96. The van der Waals surface area contributed by atoms with E-state index in [9.17, 15) is 4.79 Å². The minimum Gasteiger partial charge on any atom is -0.301 e. The second-order valence-corrected chi connectivity index (χ2v) is 7.48. The number of amides is 1. The third-order valence-corrected chi connectivity index (χ3v) is 5.39. The number of thioether (sulfide) groups is 1. The van der Waals surface area contributed by atoms with Crippen LogP contribution in [0.2, 0.25) is 5.02 Å². The summed E-state index contributed by atoms with van der Waals surface area (Å²) >= 11 is 9.08. The monoisotopic (exact) mass is 374 g/mol. The minimum absolute atomic E-state index is 0.0689. The molecule has 2 aromatic carbocycles. The number of thiazole rings is 1. The van der Waals surface area contributed by atoms with Gasteiger partial charge in [0, 0.05) is 20.9 Å². The molecule has 0 saturated heterocycles. The summed E-state index contributed by atoms with van der Waals surface area (Å²) in [4.78, 5) is 17.6. The standard InChI is InChI=1S/C18H15ClN2OS2/c1-12-6-8-13(9-7-12)23-11-17(22)21-18-20-16(10-24-18)14-4-2-3-5-15(14)19/h2-10H,11H2,1H3,(H,20,21,22). The molecule has 0 unspecified atom stereocenters. The summed E-state index contributed by atoms with van der Waals surface area (Å²) in [6.45, 7) is 2.04. The van der Waals surface area contributed by atoms with Crippen molar-refractivity contribution in [1.82, 2.24) is 4.98 Å². The van der Waals surface area contributed by atoms with Crippen molar-refractivity contribution in [2.45, 2.75) is 11.8 Å². The molecule has 3 rings (SSSR count). The lowest BCUT2D eigenvalue weighted by Gasteiger charge is -2.03. The normalized spacial score (nSPS) is 10.6. The molecule has 24 heavy (non-hydrogen) atoms. The van der Waals surface area contributed by atoms with E-state index < -0.39 is 0 Å². The van der Waals surface area contributed by atoms with Gasteiger partial charge in [0.1, 0.15) is 0 Å². The number of rotatable bonds is 5. The number of nitrogens with one attached hydrogen (secondary N) is 1. The number of halogens is 1. The Hall–Kier alpha value is -1.82. The van der Waals surface area contributed by atoms with Crippen molar-refractivity contribution >= 4 is 45.7 Å². The molecule has 122 valence electrons. The van der Waals surface area contributed by atoms with Crippen molar-refractivity contribution in [1.29, 1.82) is 0 Å². The second-order valence-electron chi connectivity index (χ2n) is 5.17. The lowest BCUT2D eigenvalue weighted by Crippen LogP contribution is -2.13. The Kier molecular flexibility index (Phi) is 5.56. The molecule has 0 aliphatic rings. The minimum atomic E-state index is -0.0689. The van der Waals surface area contributed by atoms with Gasteiger partial charge in [0.2, 0.25) is 5.91 Å². The molecule has 1 aromatic heterocycles. The van der Waals surface area contributed by atoms with Gasteiger partial charge in [-0.2, -0.15) is 0 Å². The van der Waals surface area contributed by atoms with Gasteiger partial charge in [0.05, 0.1) is 11.4 Å². The first-order valence-electron chi connectivity index (χ1n) is 7.31. The summed E-state index contributed by atoms with van der Waals surface area (Å²) in [6, 6.07) is 15.6. The average molecular weight is 375 g/mol. The molecule has 1 N–H and O–H groups in total. The van der Waals surface area contributed by atoms with Crippen molar-refractivity contribution < 1.29 is 4.79 Å². The summed E-state index contributed by atoms with van der Waals surface area (Å²) in [5.74, 6) is 0.282.